The molecule has 3 rings (SSSR count). The van der Waals surface area contributed by atoms with E-state index in [1.54, 1.807) is 19.4 Å². The van der Waals surface area contributed by atoms with Crippen LogP contribution in [-0.2, 0) is 0 Å². The van der Waals surface area contributed by atoms with Gasteiger partial charge in [0.05, 0.1) is 18.3 Å². The van der Waals surface area contributed by atoms with Gasteiger partial charge in [0.2, 0.25) is 4.77 Å². The van der Waals surface area contributed by atoms with Crippen LogP contribution in [0.3, 0.4) is 0 Å². The average Bonchev–Trinajstić information content (AvgIpc) is 2.94. The van der Waals surface area contributed by atoms with Crippen LogP contribution >= 0.6 is 23.8 Å². The number of ether oxygens (including phenoxy) is 1. The Labute approximate surface area is 143 Å². The molecule has 7 heteroatoms. The zero-order valence-corrected chi connectivity index (χ0v) is 13.8. The fourth-order valence-corrected chi connectivity index (χ4v) is 2.46. The number of aromatic amines is 1. The van der Waals surface area contributed by atoms with Gasteiger partial charge in [-0.2, -0.15) is 14.9 Å². The summed E-state index contributed by atoms with van der Waals surface area (Å²) >= 11 is 11.5. The minimum Gasteiger partial charge on any atom is -0.497 e. The lowest BCUT2D eigenvalue weighted by Gasteiger charge is -2.03. The lowest BCUT2D eigenvalue weighted by Crippen LogP contribution is -1.95. The van der Waals surface area contributed by atoms with E-state index < -0.39 is 0 Å². The second-order valence-electron chi connectivity index (χ2n) is 4.67. The van der Waals surface area contributed by atoms with Crippen molar-refractivity contribution in [1.29, 1.82) is 0 Å². The van der Waals surface area contributed by atoms with Crippen molar-refractivity contribution in [3.05, 3.63) is 63.9 Å². The van der Waals surface area contributed by atoms with Crippen LogP contribution in [0.25, 0.3) is 11.4 Å². The van der Waals surface area contributed by atoms with Gasteiger partial charge >= 0.3 is 0 Å². The zero-order chi connectivity index (χ0) is 16.2. The zero-order valence-electron chi connectivity index (χ0n) is 12.2. The Morgan fingerprint density at radius 1 is 1.26 bits per heavy atom. The molecule has 3 aromatic rings. The molecule has 0 bridgehead atoms. The minimum atomic E-state index is 0.388. The molecular formula is C16H13ClN4OS. The number of aromatic nitrogens is 3. The molecule has 0 aliphatic heterocycles. The van der Waals surface area contributed by atoms with E-state index in [4.69, 9.17) is 28.6 Å². The van der Waals surface area contributed by atoms with Gasteiger partial charge in [0.15, 0.2) is 5.82 Å². The van der Waals surface area contributed by atoms with Gasteiger partial charge in [-0.05, 0) is 42.0 Å². The number of methoxy groups -OCH3 is 1. The number of nitrogens with zero attached hydrogens (tertiary/aromatic N) is 3. The van der Waals surface area contributed by atoms with Crippen molar-refractivity contribution in [2.75, 3.05) is 7.11 Å². The monoisotopic (exact) mass is 344 g/mol. The molecule has 1 N–H and O–H groups in total. The molecule has 0 saturated carbocycles. The van der Waals surface area contributed by atoms with Crippen molar-refractivity contribution >= 4 is 30.0 Å². The van der Waals surface area contributed by atoms with Crippen molar-refractivity contribution in [2.24, 2.45) is 5.10 Å². The first-order chi connectivity index (χ1) is 11.2. The second-order valence-corrected chi connectivity index (χ2v) is 5.46. The standard InChI is InChI=1S/C16H13ClN4OS/c1-22-12-6-4-5-11(9-12)10-18-21-15(19-20-16(21)23)13-7-2-3-8-14(13)17/h2-10H,1H3,(H,20,23). The largest absolute Gasteiger partial charge is 0.497 e. The fraction of sp³-hybridized carbons (Fsp3) is 0.0625. The van der Waals surface area contributed by atoms with Gasteiger partial charge in [-0.1, -0.05) is 35.9 Å². The number of hydrogen-bond donors (Lipinski definition) is 1. The number of halogens is 1. The maximum absolute atomic E-state index is 6.23. The first kappa shape index (κ1) is 15.5. The van der Waals surface area contributed by atoms with Gasteiger partial charge in [0.1, 0.15) is 5.75 Å². The summed E-state index contributed by atoms with van der Waals surface area (Å²) in [6.07, 6.45) is 1.69. The van der Waals surface area contributed by atoms with Crippen LogP contribution in [0.2, 0.25) is 5.02 Å². The second kappa shape index (κ2) is 6.76. The number of rotatable bonds is 4. The van der Waals surface area contributed by atoms with Crippen molar-refractivity contribution in [3.8, 4) is 17.1 Å². The maximum Gasteiger partial charge on any atom is 0.216 e. The Morgan fingerprint density at radius 2 is 2.09 bits per heavy atom. The van der Waals surface area contributed by atoms with E-state index >= 15 is 0 Å². The van der Waals surface area contributed by atoms with Crippen LogP contribution in [-0.4, -0.2) is 28.2 Å². The van der Waals surface area contributed by atoms with Gasteiger partial charge in [0.25, 0.3) is 0 Å². The number of benzene rings is 2. The molecule has 0 unspecified atom stereocenters. The Morgan fingerprint density at radius 3 is 2.87 bits per heavy atom. The molecule has 116 valence electrons. The molecule has 0 atom stereocenters. The molecule has 2 aromatic carbocycles. The third-order valence-corrected chi connectivity index (χ3v) is 3.78. The SMILES string of the molecule is COc1cccc(C=Nn2c(-c3ccccc3Cl)n[nH]c2=S)c1. The molecule has 1 aromatic heterocycles. The van der Waals surface area contributed by atoms with E-state index in [0.29, 0.717) is 15.6 Å². The Hall–Kier alpha value is -2.44. The molecule has 0 fully saturated rings. The summed E-state index contributed by atoms with van der Waals surface area (Å²) in [4.78, 5) is 0. The predicted octanol–water partition coefficient (Wildman–Crippen LogP) is 4.15. The van der Waals surface area contributed by atoms with Crippen molar-refractivity contribution in [2.45, 2.75) is 0 Å². The van der Waals surface area contributed by atoms with E-state index in [0.717, 1.165) is 16.9 Å². The van der Waals surface area contributed by atoms with Crippen LogP contribution in [0.5, 0.6) is 5.75 Å². The van der Waals surface area contributed by atoms with Crippen LogP contribution in [0, 0.1) is 4.77 Å². The lowest BCUT2D eigenvalue weighted by atomic mass is 10.2. The van der Waals surface area contributed by atoms with E-state index in [1.807, 2.05) is 42.5 Å². The van der Waals surface area contributed by atoms with Gasteiger partial charge < -0.3 is 4.74 Å². The van der Waals surface area contributed by atoms with E-state index in [-0.39, 0.29) is 0 Å². The molecule has 0 aliphatic carbocycles. The smallest absolute Gasteiger partial charge is 0.216 e. The summed E-state index contributed by atoms with van der Waals surface area (Å²) in [6, 6.07) is 15.0. The van der Waals surface area contributed by atoms with Gasteiger partial charge in [-0.25, -0.2) is 5.10 Å². The Kier molecular flexibility index (Phi) is 4.55. The van der Waals surface area contributed by atoms with E-state index in [1.165, 1.54) is 4.68 Å². The van der Waals surface area contributed by atoms with Crippen LogP contribution in [0.4, 0.5) is 0 Å². The molecule has 0 amide bonds. The van der Waals surface area contributed by atoms with E-state index in [2.05, 4.69) is 15.3 Å². The molecule has 23 heavy (non-hydrogen) atoms. The summed E-state index contributed by atoms with van der Waals surface area (Å²) in [5, 5.41) is 11.9. The minimum absolute atomic E-state index is 0.388. The van der Waals surface area contributed by atoms with Crippen molar-refractivity contribution in [3.63, 3.8) is 0 Å². The highest BCUT2D eigenvalue weighted by Crippen LogP contribution is 2.25. The molecule has 5 nitrogen and oxygen atoms in total. The first-order valence-electron chi connectivity index (χ1n) is 6.80. The van der Waals surface area contributed by atoms with E-state index in [9.17, 15) is 0 Å². The summed E-state index contributed by atoms with van der Waals surface area (Å²) in [5.41, 5.74) is 1.64. The average molecular weight is 345 g/mol. The molecule has 0 aliphatic rings. The summed E-state index contributed by atoms with van der Waals surface area (Å²) in [6.45, 7) is 0. The summed E-state index contributed by atoms with van der Waals surface area (Å²) in [7, 11) is 1.62. The number of hydrogen-bond acceptors (Lipinski definition) is 4. The van der Waals surface area contributed by atoms with Crippen LogP contribution < -0.4 is 4.74 Å². The molecule has 1 heterocycles. The third kappa shape index (κ3) is 3.33. The highest BCUT2D eigenvalue weighted by Gasteiger charge is 2.11. The van der Waals surface area contributed by atoms with Crippen LogP contribution in [0.15, 0.2) is 53.6 Å². The quantitative estimate of drug-likeness (QED) is 0.571. The highest BCUT2D eigenvalue weighted by molar-refractivity contribution is 7.71. The Balaban J connectivity index is 2.01. The number of H-pyrrole nitrogens is 1. The predicted molar refractivity (Wildman–Crippen MR) is 93.8 cm³/mol. The third-order valence-electron chi connectivity index (χ3n) is 3.18. The number of nitrogens with one attached hydrogen (secondary N) is 1. The molecule has 0 saturated heterocycles. The topological polar surface area (TPSA) is 55.2 Å². The molecule has 0 spiro atoms. The van der Waals surface area contributed by atoms with Crippen molar-refractivity contribution < 1.29 is 4.74 Å². The molecule has 0 radical (unpaired) electrons. The summed E-state index contributed by atoms with van der Waals surface area (Å²) in [5.74, 6) is 1.32. The summed E-state index contributed by atoms with van der Waals surface area (Å²) < 4.78 is 7.13. The maximum atomic E-state index is 6.23. The normalized spacial score (nSPS) is 11.0. The highest BCUT2D eigenvalue weighted by atomic mass is 35.5. The van der Waals surface area contributed by atoms with Crippen molar-refractivity contribution in [1.82, 2.24) is 14.9 Å². The molecular weight excluding hydrogens is 332 g/mol. The van der Waals surface area contributed by atoms with Gasteiger partial charge in [-0.15, -0.1) is 0 Å². The lowest BCUT2D eigenvalue weighted by molar-refractivity contribution is 0.415. The van der Waals surface area contributed by atoms with Gasteiger partial charge in [-0.3, -0.25) is 0 Å². The first-order valence-corrected chi connectivity index (χ1v) is 7.58. The Bertz CT molecular complexity index is 916. The van der Waals surface area contributed by atoms with Gasteiger partial charge in [0, 0.05) is 5.56 Å². The fourth-order valence-electron chi connectivity index (χ4n) is 2.06. The van der Waals surface area contributed by atoms with Crippen LogP contribution in [0.1, 0.15) is 5.56 Å².